The maximum atomic E-state index is 12.9. The lowest BCUT2D eigenvalue weighted by Gasteiger charge is -2.35. The number of nitrogens with zero attached hydrogens (tertiary/aromatic N) is 3. The van der Waals surface area contributed by atoms with Gasteiger partial charge in [-0.15, -0.1) is 0 Å². The normalized spacial score (nSPS) is 15.1. The number of piperidine rings is 1. The first kappa shape index (κ1) is 19.9. The van der Waals surface area contributed by atoms with Gasteiger partial charge in [0, 0.05) is 35.1 Å². The van der Waals surface area contributed by atoms with Gasteiger partial charge in [-0.3, -0.25) is 9.59 Å². The molecule has 1 aliphatic heterocycles. The van der Waals surface area contributed by atoms with E-state index in [1.165, 1.54) is 0 Å². The summed E-state index contributed by atoms with van der Waals surface area (Å²) in [5.41, 5.74) is 2.27. The second-order valence-corrected chi connectivity index (χ2v) is 7.92. The van der Waals surface area contributed by atoms with Crippen molar-refractivity contribution in [3.8, 4) is 17.3 Å². The van der Waals surface area contributed by atoms with Gasteiger partial charge < -0.3 is 14.8 Å². The predicted molar refractivity (Wildman–Crippen MR) is 117 cm³/mol. The van der Waals surface area contributed by atoms with E-state index in [1.54, 1.807) is 30.3 Å². The van der Waals surface area contributed by atoms with Crippen LogP contribution >= 0.6 is 0 Å². The van der Waals surface area contributed by atoms with Crippen molar-refractivity contribution in [3.63, 3.8) is 0 Å². The number of aromatic nitrogens is 1. The summed E-state index contributed by atoms with van der Waals surface area (Å²) in [5, 5.41) is 10.5. The second-order valence-electron chi connectivity index (χ2n) is 7.92. The molecule has 4 rings (SSSR count). The van der Waals surface area contributed by atoms with E-state index in [0.29, 0.717) is 27.6 Å². The number of hydrogen-bond acceptors (Lipinski definition) is 4. The molecule has 1 fully saturated rings. The van der Waals surface area contributed by atoms with Gasteiger partial charge in [0.25, 0.3) is 11.5 Å². The van der Waals surface area contributed by atoms with Crippen LogP contribution in [-0.2, 0) is 0 Å². The number of carbonyl (C=O) groups is 1. The molecule has 0 unspecified atom stereocenters. The van der Waals surface area contributed by atoms with Crippen molar-refractivity contribution in [1.29, 1.82) is 5.26 Å². The van der Waals surface area contributed by atoms with E-state index in [0.717, 1.165) is 31.5 Å². The van der Waals surface area contributed by atoms with Crippen LogP contribution in [0.2, 0.25) is 0 Å². The molecule has 2 heterocycles. The monoisotopic (exact) mass is 400 g/mol. The number of nitriles is 1. The summed E-state index contributed by atoms with van der Waals surface area (Å²) in [7, 11) is 3.98. The van der Waals surface area contributed by atoms with Crippen molar-refractivity contribution < 1.29 is 4.79 Å². The highest BCUT2D eigenvalue weighted by Crippen LogP contribution is 2.23. The van der Waals surface area contributed by atoms with Crippen molar-refractivity contribution in [1.82, 2.24) is 14.8 Å². The number of carbonyl (C=O) groups excluding carboxylic acids is 1. The van der Waals surface area contributed by atoms with E-state index >= 15 is 0 Å². The van der Waals surface area contributed by atoms with Gasteiger partial charge in [0.2, 0.25) is 0 Å². The summed E-state index contributed by atoms with van der Waals surface area (Å²) >= 11 is 0. The number of likely N-dealkylation sites (tertiary alicyclic amines) is 1. The number of benzene rings is 2. The largest absolute Gasteiger partial charge is 0.339 e. The van der Waals surface area contributed by atoms with Crippen LogP contribution in [0.5, 0.6) is 0 Å². The first-order valence-corrected chi connectivity index (χ1v) is 10.1. The summed E-state index contributed by atoms with van der Waals surface area (Å²) in [4.78, 5) is 32.4. The number of aromatic amines is 1. The van der Waals surface area contributed by atoms with Gasteiger partial charge in [0.05, 0.1) is 11.6 Å². The summed E-state index contributed by atoms with van der Waals surface area (Å²) in [5.74, 6) is 0.00914. The Kier molecular flexibility index (Phi) is 5.39. The fraction of sp³-hybridized carbons (Fsp3) is 0.292. The Bertz CT molecular complexity index is 1180. The second kappa shape index (κ2) is 8.13. The molecule has 6 heteroatoms. The number of rotatable bonds is 3. The lowest BCUT2D eigenvalue weighted by atomic mass is 10.0. The van der Waals surface area contributed by atoms with Crippen molar-refractivity contribution in [2.24, 2.45) is 0 Å². The molecular formula is C24H24N4O2. The van der Waals surface area contributed by atoms with E-state index < -0.39 is 0 Å². The highest BCUT2D eigenvalue weighted by Gasteiger charge is 2.24. The standard InChI is InChI=1S/C24H24N4O2/c1-27-12-10-19(11-13-27)28(2)24(30)17-8-6-16(7-9-17)22-14-21-18(15-25)4-3-5-20(21)23(29)26-22/h3-9,14,19H,10-13H2,1-2H3,(H,26,29). The molecule has 0 saturated carbocycles. The molecule has 6 nitrogen and oxygen atoms in total. The maximum absolute atomic E-state index is 12.9. The molecule has 0 atom stereocenters. The van der Waals surface area contributed by atoms with Gasteiger partial charge in [-0.05, 0) is 68.9 Å². The minimum atomic E-state index is -0.234. The Hall–Kier alpha value is -3.43. The SMILES string of the molecule is CN1CCC(N(C)C(=O)c2ccc(-c3cc4c(C#N)cccc4c(=O)[nH]3)cc2)CC1. The third-order valence-corrected chi connectivity index (χ3v) is 6.01. The number of amides is 1. The minimum absolute atomic E-state index is 0.00914. The van der Waals surface area contributed by atoms with Gasteiger partial charge >= 0.3 is 0 Å². The molecule has 1 N–H and O–H groups in total. The zero-order valence-electron chi connectivity index (χ0n) is 17.2. The summed E-state index contributed by atoms with van der Waals surface area (Å²) in [6, 6.07) is 16.6. The third-order valence-electron chi connectivity index (χ3n) is 6.01. The van der Waals surface area contributed by atoms with Crippen molar-refractivity contribution >= 4 is 16.7 Å². The highest BCUT2D eigenvalue weighted by molar-refractivity contribution is 5.95. The van der Waals surface area contributed by atoms with Gasteiger partial charge in [0.15, 0.2) is 0 Å². The van der Waals surface area contributed by atoms with Crippen LogP contribution in [0.25, 0.3) is 22.0 Å². The van der Waals surface area contributed by atoms with Gasteiger partial charge in [0.1, 0.15) is 0 Å². The number of nitrogens with one attached hydrogen (secondary N) is 1. The van der Waals surface area contributed by atoms with Crippen LogP contribution in [0.3, 0.4) is 0 Å². The predicted octanol–water partition coefficient (Wildman–Crippen LogP) is 3.23. The quantitative estimate of drug-likeness (QED) is 0.732. The topological polar surface area (TPSA) is 80.2 Å². The molecular weight excluding hydrogens is 376 g/mol. The molecule has 30 heavy (non-hydrogen) atoms. The van der Waals surface area contributed by atoms with Crippen LogP contribution in [-0.4, -0.2) is 53.9 Å². The van der Waals surface area contributed by atoms with Crippen LogP contribution in [0.15, 0.2) is 53.3 Å². The number of pyridine rings is 1. The fourth-order valence-corrected chi connectivity index (χ4v) is 4.09. The van der Waals surface area contributed by atoms with E-state index in [1.807, 2.05) is 30.1 Å². The van der Waals surface area contributed by atoms with Gasteiger partial charge in [-0.1, -0.05) is 18.2 Å². The first-order valence-electron chi connectivity index (χ1n) is 10.1. The Balaban J connectivity index is 1.60. The molecule has 2 aromatic carbocycles. The first-order chi connectivity index (χ1) is 14.5. The molecule has 0 aliphatic carbocycles. The molecule has 1 saturated heterocycles. The summed E-state index contributed by atoms with van der Waals surface area (Å²) in [6.45, 7) is 2.00. The third kappa shape index (κ3) is 3.72. The van der Waals surface area contributed by atoms with E-state index in [-0.39, 0.29) is 17.5 Å². The average molecular weight is 400 g/mol. The molecule has 0 spiro atoms. The van der Waals surface area contributed by atoms with Crippen molar-refractivity contribution in [3.05, 3.63) is 70.0 Å². The molecule has 0 bridgehead atoms. The molecule has 152 valence electrons. The lowest BCUT2D eigenvalue weighted by Crippen LogP contribution is -2.44. The molecule has 0 radical (unpaired) electrons. The average Bonchev–Trinajstić information content (AvgIpc) is 2.78. The van der Waals surface area contributed by atoms with Crippen molar-refractivity contribution in [2.75, 3.05) is 27.2 Å². The van der Waals surface area contributed by atoms with E-state index in [4.69, 9.17) is 0 Å². The number of H-pyrrole nitrogens is 1. The molecule has 3 aromatic rings. The zero-order chi connectivity index (χ0) is 21.3. The summed E-state index contributed by atoms with van der Waals surface area (Å²) in [6.07, 6.45) is 1.97. The minimum Gasteiger partial charge on any atom is -0.339 e. The molecule has 1 aromatic heterocycles. The Morgan fingerprint density at radius 3 is 2.50 bits per heavy atom. The Morgan fingerprint density at radius 1 is 1.13 bits per heavy atom. The molecule has 1 aliphatic rings. The van der Waals surface area contributed by atoms with Crippen LogP contribution in [0.1, 0.15) is 28.8 Å². The Labute approximate surface area is 175 Å². The van der Waals surface area contributed by atoms with Crippen LogP contribution < -0.4 is 5.56 Å². The summed E-state index contributed by atoms with van der Waals surface area (Å²) < 4.78 is 0. The van der Waals surface area contributed by atoms with E-state index in [2.05, 4.69) is 23.0 Å². The van der Waals surface area contributed by atoms with Crippen molar-refractivity contribution in [2.45, 2.75) is 18.9 Å². The van der Waals surface area contributed by atoms with Gasteiger partial charge in [-0.2, -0.15) is 5.26 Å². The highest BCUT2D eigenvalue weighted by atomic mass is 16.2. The molecule has 1 amide bonds. The fourth-order valence-electron chi connectivity index (χ4n) is 4.09. The zero-order valence-corrected chi connectivity index (χ0v) is 17.2. The van der Waals surface area contributed by atoms with E-state index in [9.17, 15) is 14.9 Å². The smallest absolute Gasteiger partial charge is 0.256 e. The number of fused-ring (bicyclic) bond motifs is 1. The van der Waals surface area contributed by atoms with Crippen LogP contribution in [0.4, 0.5) is 0 Å². The maximum Gasteiger partial charge on any atom is 0.256 e. The lowest BCUT2D eigenvalue weighted by molar-refractivity contribution is 0.0659. The van der Waals surface area contributed by atoms with Gasteiger partial charge in [-0.25, -0.2) is 0 Å². The number of hydrogen-bond donors (Lipinski definition) is 1. The van der Waals surface area contributed by atoms with Crippen LogP contribution in [0, 0.1) is 11.3 Å². The Morgan fingerprint density at radius 2 is 1.83 bits per heavy atom.